The molecule has 0 aliphatic heterocycles. The number of phenols is 1. The molecule has 0 unspecified atom stereocenters. The van der Waals surface area contributed by atoms with Crippen molar-refractivity contribution in [3.05, 3.63) is 125 Å². The van der Waals surface area contributed by atoms with E-state index in [2.05, 4.69) is 68.4 Å². The fourth-order valence-electron chi connectivity index (χ4n) is 5.46. The Bertz CT molecular complexity index is 2100. The first kappa shape index (κ1) is 32.3. The monoisotopic (exact) mass is 662 g/mol. The number of aryl methyl sites for hydroxylation is 1. The number of anilines is 1. The standard InChI is InChI=1S/C37H35N5O5S/c1-23(2)47-35(45)27-10-13-29(14-11-27)39-36(46)40-33(18-25-8-16-32(43)17-9-25)34(44)38-20-31-22-41-21-24(3)48-37(41)42(31)30-15-12-26-6-4-5-7-28(26)19-30/h4-17,19,21-23,33H,18,20H2,1-3H3,(H3-,38,39,40,43,44,45,46)/p+1/t33-/m0/s1. The molecule has 2 aromatic heterocycles. The number of amides is 3. The van der Waals surface area contributed by atoms with Gasteiger partial charge >= 0.3 is 17.0 Å². The van der Waals surface area contributed by atoms with E-state index < -0.39 is 18.0 Å². The molecule has 0 aliphatic rings. The Kier molecular flexibility index (Phi) is 9.40. The number of fused-ring (bicyclic) bond motifs is 2. The Hall–Kier alpha value is -5.68. The number of nitrogens with one attached hydrogen (secondary N) is 3. The van der Waals surface area contributed by atoms with Gasteiger partial charge in [0.05, 0.1) is 18.2 Å². The molecule has 1 atom stereocenters. The SMILES string of the molecule is Cc1c[n+]2cc(CNC(=O)[C@H](Cc3ccc(O)cc3)NC(=O)Nc3ccc(C(=O)OC(C)C)cc3)n(-c3ccc4ccccc4c3)c2s1. The molecule has 11 heteroatoms. The molecule has 0 saturated carbocycles. The van der Waals surface area contributed by atoms with Crippen molar-refractivity contribution in [1.29, 1.82) is 0 Å². The largest absolute Gasteiger partial charge is 0.508 e. The number of hydrogen-bond donors (Lipinski definition) is 4. The van der Waals surface area contributed by atoms with Gasteiger partial charge in [-0.15, -0.1) is 0 Å². The van der Waals surface area contributed by atoms with Gasteiger partial charge < -0.3 is 25.8 Å². The molecular weight excluding hydrogens is 627 g/mol. The number of benzene rings is 4. The summed E-state index contributed by atoms with van der Waals surface area (Å²) in [5.41, 5.74) is 3.41. The number of hydrogen-bond acceptors (Lipinski definition) is 6. The van der Waals surface area contributed by atoms with Gasteiger partial charge in [0, 0.05) is 17.0 Å². The van der Waals surface area contributed by atoms with Gasteiger partial charge in [-0.05, 0) is 85.6 Å². The minimum Gasteiger partial charge on any atom is -0.508 e. The van der Waals surface area contributed by atoms with Gasteiger partial charge in [0.1, 0.15) is 29.9 Å². The highest BCUT2D eigenvalue weighted by Crippen LogP contribution is 2.24. The van der Waals surface area contributed by atoms with E-state index in [0.717, 1.165) is 37.6 Å². The summed E-state index contributed by atoms with van der Waals surface area (Å²) in [4.78, 5) is 41.2. The predicted molar refractivity (Wildman–Crippen MR) is 186 cm³/mol. The molecule has 0 bridgehead atoms. The molecule has 2 heterocycles. The Balaban J connectivity index is 1.20. The first-order chi connectivity index (χ1) is 23.1. The van der Waals surface area contributed by atoms with Gasteiger partial charge in [0.15, 0.2) is 5.69 Å². The van der Waals surface area contributed by atoms with E-state index >= 15 is 0 Å². The average molecular weight is 663 g/mol. The van der Waals surface area contributed by atoms with Gasteiger partial charge in [0.2, 0.25) is 5.91 Å². The lowest BCUT2D eigenvalue weighted by Crippen LogP contribution is -2.49. The Labute approximate surface area is 281 Å². The van der Waals surface area contributed by atoms with E-state index in [9.17, 15) is 19.5 Å². The first-order valence-electron chi connectivity index (χ1n) is 15.6. The minimum atomic E-state index is -0.935. The second-order valence-corrected chi connectivity index (χ2v) is 13.0. The van der Waals surface area contributed by atoms with Crippen LogP contribution in [0.2, 0.25) is 0 Å². The summed E-state index contributed by atoms with van der Waals surface area (Å²) in [6.07, 6.45) is 4.00. The van der Waals surface area contributed by atoms with Crippen LogP contribution < -0.4 is 20.4 Å². The van der Waals surface area contributed by atoms with Crippen molar-refractivity contribution in [2.24, 2.45) is 0 Å². The maximum absolute atomic E-state index is 13.7. The maximum Gasteiger partial charge on any atom is 0.351 e. The fraction of sp³-hybridized carbons (Fsp3) is 0.189. The van der Waals surface area contributed by atoms with Crippen molar-refractivity contribution in [3.8, 4) is 11.4 Å². The lowest BCUT2D eigenvalue weighted by Gasteiger charge is -2.19. The fourth-order valence-corrected chi connectivity index (χ4v) is 6.44. The number of nitrogens with zero attached hydrogens (tertiary/aromatic N) is 2. The van der Waals surface area contributed by atoms with E-state index in [1.165, 1.54) is 0 Å². The van der Waals surface area contributed by atoms with Crippen LogP contribution in [0, 0.1) is 6.92 Å². The zero-order valence-corrected chi connectivity index (χ0v) is 27.6. The van der Waals surface area contributed by atoms with Crippen LogP contribution in [0.5, 0.6) is 5.75 Å². The average Bonchev–Trinajstić information content (AvgIpc) is 3.59. The number of carbonyl (C=O) groups is 3. The van der Waals surface area contributed by atoms with Crippen LogP contribution in [0.1, 0.15) is 40.3 Å². The van der Waals surface area contributed by atoms with Gasteiger partial charge in [0.25, 0.3) is 0 Å². The molecule has 4 N–H and O–H groups in total. The molecule has 3 amide bonds. The van der Waals surface area contributed by atoms with Crippen LogP contribution in [0.4, 0.5) is 10.5 Å². The highest BCUT2D eigenvalue weighted by molar-refractivity contribution is 7.16. The molecule has 10 nitrogen and oxygen atoms in total. The summed E-state index contributed by atoms with van der Waals surface area (Å²) < 4.78 is 9.42. The normalized spacial score (nSPS) is 11.8. The van der Waals surface area contributed by atoms with Crippen LogP contribution in [0.15, 0.2) is 103 Å². The number of thiazole rings is 1. The quantitative estimate of drug-likeness (QED) is 0.105. The summed E-state index contributed by atoms with van der Waals surface area (Å²) in [5.74, 6) is -0.721. The van der Waals surface area contributed by atoms with Crippen molar-refractivity contribution >= 4 is 50.7 Å². The molecule has 244 valence electrons. The number of aromatic hydroxyl groups is 1. The topological polar surface area (TPSA) is 126 Å². The molecule has 0 saturated heterocycles. The molecule has 0 fully saturated rings. The number of aromatic nitrogens is 2. The van der Waals surface area contributed by atoms with Crippen molar-refractivity contribution in [1.82, 2.24) is 15.2 Å². The van der Waals surface area contributed by atoms with E-state index in [1.807, 2.05) is 18.3 Å². The summed E-state index contributed by atoms with van der Waals surface area (Å²) in [5, 5.41) is 20.6. The van der Waals surface area contributed by atoms with Crippen molar-refractivity contribution in [3.63, 3.8) is 0 Å². The number of rotatable bonds is 10. The first-order valence-corrected chi connectivity index (χ1v) is 16.4. The number of carbonyl (C=O) groups excluding carboxylic acids is 3. The Morgan fingerprint density at radius 3 is 2.38 bits per heavy atom. The van der Waals surface area contributed by atoms with Crippen LogP contribution >= 0.6 is 11.3 Å². The molecular formula is C37H36N5O5S+. The zero-order valence-electron chi connectivity index (χ0n) is 26.8. The third-order valence-electron chi connectivity index (χ3n) is 7.71. The van der Waals surface area contributed by atoms with Gasteiger partial charge in [-0.3, -0.25) is 4.79 Å². The van der Waals surface area contributed by atoms with Crippen LogP contribution in [0.3, 0.4) is 0 Å². The van der Waals surface area contributed by atoms with Crippen molar-refractivity contribution in [2.75, 3.05) is 5.32 Å². The van der Waals surface area contributed by atoms with Gasteiger partial charge in [-0.1, -0.05) is 53.8 Å². The molecule has 0 aliphatic carbocycles. The molecule has 4 aromatic carbocycles. The Morgan fingerprint density at radius 2 is 1.65 bits per heavy atom. The highest BCUT2D eigenvalue weighted by Gasteiger charge is 2.26. The number of ether oxygens (including phenoxy) is 1. The molecule has 6 rings (SSSR count). The zero-order chi connectivity index (χ0) is 33.8. The van der Waals surface area contributed by atoms with Crippen LogP contribution in [-0.4, -0.2) is 39.7 Å². The predicted octanol–water partition coefficient (Wildman–Crippen LogP) is 6.06. The van der Waals surface area contributed by atoms with E-state index in [-0.39, 0.29) is 30.7 Å². The van der Waals surface area contributed by atoms with E-state index in [0.29, 0.717) is 11.3 Å². The van der Waals surface area contributed by atoms with Crippen LogP contribution in [0.25, 0.3) is 21.4 Å². The van der Waals surface area contributed by atoms with Gasteiger partial charge in [-0.2, -0.15) is 8.97 Å². The summed E-state index contributed by atoms with van der Waals surface area (Å²) >= 11 is 1.66. The lowest BCUT2D eigenvalue weighted by atomic mass is 10.0. The lowest BCUT2D eigenvalue weighted by molar-refractivity contribution is -0.506. The number of imidazole rings is 1. The Morgan fingerprint density at radius 1 is 0.917 bits per heavy atom. The number of urea groups is 1. The molecule has 48 heavy (non-hydrogen) atoms. The minimum absolute atomic E-state index is 0.105. The van der Waals surface area contributed by atoms with E-state index in [1.54, 1.807) is 73.7 Å². The maximum atomic E-state index is 13.7. The van der Waals surface area contributed by atoms with Crippen molar-refractivity contribution < 1.29 is 28.6 Å². The third-order valence-corrected chi connectivity index (χ3v) is 8.72. The highest BCUT2D eigenvalue weighted by atomic mass is 32.1. The smallest absolute Gasteiger partial charge is 0.351 e. The molecule has 6 aromatic rings. The summed E-state index contributed by atoms with van der Waals surface area (Å²) in [6.45, 7) is 5.81. The van der Waals surface area contributed by atoms with Crippen molar-refractivity contribution in [2.45, 2.75) is 45.9 Å². The summed E-state index contributed by atoms with van der Waals surface area (Å²) in [6, 6.07) is 25.8. The third kappa shape index (κ3) is 7.48. The second-order valence-electron chi connectivity index (χ2n) is 11.8. The number of esters is 1. The van der Waals surface area contributed by atoms with E-state index in [4.69, 9.17) is 4.74 Å². The van der Waals surface area contributed by atoms with Crippen LogP contribution in [-0.2, 0) is 22.5 Å². The van der Waals surface area contributed by atoms with Gasteiger partial charge in [-0.25, -0.2) is 9.59 Å². The molecule has 0 radical (unpaired) electrons. The number of phenolic OH excluding ortho intramolecular Hbond substituents is 1. The summed E-state index contributed by atoms with van der Waals surface area (Å²) in [7, 11) is 0. The molecule has 0 spiro atoms. The second kappa shape index (κ2) is 14.0.